The van der Waals surface area contributed by atoms with E-state index in [0.717, 1.165) is 17.7 Å². The molecule has 0 unspecified atom stereocenters. The van der Waals surface area contributed by atoms with Gasteiger partial charge in [0, 0.05) is 36.1 Å². The van der Waals surface area contributed by atoms with Crippen molar-refractivity contribution < 1.29 is 9.18 Å². The van der Waals surface area contributed by atoms with Gasteiger partial charge in [0.25, 0.3) is 5.91 Å². The second-order valence-electron chi connectivity index (χ2n) is 7.33. The van der Waals surface area contributed by atoms with Crippen molar-refractivity contribution in [3.8, 4) is 0 Å². The minimum Gasteiger partial charge on any atom is -0.357 e. The van der Waals surface area contributed by atoms with Gasteiger partial charge in [0.2, 0.25) is 0 Å². The van der Waals surface area contributed by atoms with Crippen LogP contribution < -0.4 is 16.0 Å². The first-order valence-corrected chi connectivity index (χ1v) is 9.93. The van der Waals surface area contributed by atoms with Crippen molar-refractivity contribution in [2.45, 2.75) is 32.7 Å². The molecule has 2 aromatic carbocycles. The van der Waals surface area contributed by atoms with Gasteiger partial charge in [-0.2, -0.15) is 0 Å². The second-order valence-corrected chi connectivity index (χ2v) is 7.74. The fourth-order valence-corrected chi connectivity index (χ4v) is 3.28. The van der Waals surface area contributed by atoms with Crippen molar-refractivity contribution >= 4 is 23.5 Å². The van der Waals surface area contributed by atoms with Crippen LogP contribution in [0.1, 0.15) is 42.3 Å². The maximum Gasteiger partial charge on any atom is 0.251 e. The topological polar surface area (TPSA) is 65.5 Å². The molecular weight excluding hydrogens is 391 g/mol. The zero-order chi connectivity index (χ0) is 21.4. The normalized spacial score (nSPS) is 11.9. The van der Waals surface area contributed by atoms with E-state index in [2.05, 4.69) is 20.9 Å². The Labute approximate surface area is 176 Å². The van der Waals surface area contributed by atoms with Crippen LogP contribution in [0, 0.1) is 5.82 Å². The van der Waals surface area contributed by atoms with Crippen LogP contribution in [0.25, 0.3) is 0 Å². The molecule has 0 saturated carbocycles. The van der Waals surface area contributed by atoms with Crippen LogP contribution in [-0.2, 0) is 12.0 Å². The van der Waals surface area contributed by atoms with Gasteiger partial charge in [0.15, 0.2) is 5.96 Å². The molecule has 0 bridgehead atoms. The van der Waals surface area contributed by atoms with Crippen molar-refractivity contribution in [2.24, 2.45) is 4.99 Å². The maximum absolute atomic E-state index is 13.3. The molecule has 0 atom stereocenters. The van der Waals surface area contributed by atoms with Gasteiger partial charge in [-0.05, 0) is 42.3 Å². The Hall–Kier alpha value is -2.60. The van der Waals surface area contributed by atoms with Crippen LogP contribution in [0.3, 0.4) is 0 Å². The summed E-state index contributed by atoms with van der Waals surface area (Å²) < 4.78 is 13.3. The van der Waals surface area contributed by atoms with Crippen molar-refractivity contribution in [3.63, 3.8) is 0 Å². The van der Waals surface area contributed by atoms with Crippen molar-refractivity contribution in [1.29, 1.82) is 0 Å². The number of carbonyl (C=O) groups excluding carboxylic acids is 1. The summed E-state index contributed by atoms with van der Waals surface area (Å²) in [4.78, 5) is 16.2. The third-order valence-corrected chi connectivity index (χ3v) is 4.88. The lowest BCUT2D eigenvalue weighted by atomic mass is 9.84. The van der Waals surface area contributed by atoms with Gasteiger partial charge in [0.1, 0.15) is 5.82 Å². The largest absolute Gasteiger partial charge is 0.357 e. The van der Waals surface area contributed by atoms with E-state index < -0.39 is 0 Å². The number of benzene rings is 2. The summed E-state index contributed by atoms with van der Waals surface area (Å²) in [6, 6.07) is 11.8. The Kier molecular flexibility index (Phi) is 8.02. The smallest absolute Gasteiger partial charge is 0.251 e. The van der Waals surface area contributed by atoms with Gasteiger partial charge in [-0.1, -0.05) is 43.6 Å². The summed E-state index contributed by atoms with van der Waals surface area (Å²) in [7, 11) is 1.61. The number of amides is 1. The molecular formula is C22H28ClFN4O. The number of aliphatic imine (C=N–C) groups is 1. The average molecular weight is 419 g/mol. The molecule has 0 radical (unpaired) electrons. The summed E-state index contributed by atoms with van der Waals surface area (Å²) in [6.45, 7) is 7.85. The third kappa shape index (κ3) is 6.46. The lowest BCUT2D eigenvalue weighted by molar-refractivity contribution is 0.0963. The average Bonchev–Trinajstić information content (AvgIpc) is 2.69. The van der Waals surface area contributed by atoms with Crippen molar-refractivity contribution in [3.05, 3.63) is 70.0 Å². The van der Waals surface area contributed by atoms with E-state index in [-0.39, 0.29) is 17.1 Å². The molecule has 0 heterocycles. The molecule has 0 aliphatic carbocycles. The highest BCUT2D eigenvalue weighted by Gasteiger charge is 2.24. The van der Waals surface area contributed by atoms with Crippen LogP contribution in [0.2, 0.25) is 5.02 Å². The summed E-state index contributed by atoms with van der Waals surface area (Å²) in [5, 5.41) is 9.57. The summed E-state index contributed by atoms with van der Waals surface area (Å²) in [6.07, 6.45) is 0. The molecule has 0 fully saturated rings. The highest BCUT2D eigenvalue weighted by molar-refractivity contribution is 6.31. The highest BCUT2D eigenvalue weighted by Crippen LogP contribution is 2.29. The van der Waals surface area contributed by atoms with Crippen LogP contribution in [0.5, 0.6) is 0 Å². The van der Waals surface area contributed by atoms with Crippen molar-refractivity contribution in [1.82, 2.24) is 16.0 Å². The number of guanidine groups is 1. The quantitative estimate of drug-likeness (QED) is 0.472. The van der Waals surface area contributed by atoms with Gasteiger partial charge in [-0.25, -0.2) is 9.38 Å². The zero-order valence-electron chi connectivity index (χ0n) is 17.3. The first kappa shape index (κ1) is 22.7. The van der Waals surface area contributed by atoms with E-state index in [9.17, 15) is 9.18 Å². The molecule has 1 amide bonds. The molecule has 2 rings (SSSR count). The summed E-state index contributed by atoms with van der Waals surface area (Å²) in [5.74, 6) is 0.214. The number of rotatable bonds is 7. The predicted molar refractivity (Wildman–Crippen MR) is 117 cm³/mol. The number of carbonyl (C=O) groups is 1. The van der Waals surface area contributed by atoms with Crippen LogP contribution in [-0.4, -0.2) is 32.0 Å². The van der Waals surface area contributed by atoms with Crippen LogP contribution in [0.4, 0.5) is 4.39 Å². The number of nitrogens with zero attached hydrogens (tertiary/aromatic N) is 1. The van der Waals surface area contributed by atoms with Gasteiger partial charge >= 0.3 is 0 Å². The van der Waals surface area contributed by atoms with Crippen molar-refractivity contribution in [2.75, 3.05) is 20.1 Å². The van der Waals surface area contributed by atoms with Gasteiger partial charge < -0.3 is 16.0 Å². The SMILES string of the molecule is CCNC(=NCc1ccc(C(=O)NC)cc1)NCC(C)(C)c1ccc(F)cc1Cl. The minimum absolute atomic E-state index is 0.114. The molecule has 2 aromatic rings. The number of hydrogen-bond donors (Lipinski definition) is 3. The molecule has 0 aliphatic heterocycles. The Morgan fingerprint density at radius 3 is 2.41 bits per heavy atom. The van der Waals surface area contributed by atoms with Crippen LogP contribution in [0.15, 0.2) is 47.5 Å². The molecule has 156 valence electrons. The van der Waals surface area contributed by atoms with E-state index in [0.29, 0.717) is 29.6 Å². The molecule has 0 saturated heterocycles. The maximum atomic E-state index is 13.3. The predicted octanol–water partition coefficient (Wildman–Crippen LogP) is 3.87. The third-order valence-electron chi connectivity index (χ3n) is 4.57. The monoisotopic (exact) mass is 418 g/mol. The Morgan fingerprint density at radius 2 is 1.83 bits per heavy atom. The van der Waals surface area contributed by atoms with Gasteiger partial charge in [-0.3, -0.25) is 4.79 Å². The Balaban J connectivity index is 2.06. The standard InChI is InChI=1S/C22H28ClFN4O/c1-5-26-21(27-13-15-6-8-16(9-7-15)20(29)25-4)28-14-22(2,3)18-11-10-17(24)12-19(18)23/h6-12H,5,13-14H2,1-4H3,(H,25,29)(H2,26,27,28). The van der Waals surface area contributed by atoms with Gasteiger partial charge in [-0.15, -0.1) is 0 Å². The summed E-state index contributed by atoms with van der Waals surface area (Å²) >= 11 is 6.24. The summed E-state index contributed by atoms with van der Waals surface area (Å²) in [5.41, 5.74) is 2.16. The Morgan fingerprint density at radius 1 is 1.14 bits per heavy atom. The lowest BCUT2D eigenvalue weighted by Crippen LogP contribution is -2.43. The lowest BCUT2D eigenvalue weighted by Gasteiger charge is -2.27. The van der Waals surface area contributed by atoms with E-state index in [1.165, 1.54) is 12.1 Å². The molecule has 0 aliphatic rings. The second kappa shape index (κ2) is 10.3. The molecule has 7 heteroatoms. The van der Waals surface area contributed by atoms with E-state index in [1.807, 2.05) is 32.9 Å². The first-order chi connectivity index (χ1) is 13.8. The molecule has 3 N–H and O–H groups in total. The molecule has 0 aromatic heterocycles. The van der Waals surface area contributed by atoms with E-state index >= 15 is 0 Å². The fraction of sp³-hybridized carbons (Fsp3) is 0.364. The highest BCUT2D eigenvalue weighted by atomic mass is 35.5. The van der Waals surface area contributed by atoms with E-state index in [1.54, 1.807) is 25.2 Å². The molecule has 29 heavy (non-hydrogen) atoms. The number of halogens is 2. The Bertz CT molecular complexity index is 866. The molecule has 0 spiro atoms. The fourth-order valence-electron chi connectivity index (χ4n) is 2.86. The minimum atomic E-state index is -0.347. The van der Waals surface area contributed by atoms with Gasteiger partial charge in [0.05, 0.1) is 6.54 Å². The number of nitrogens with one attached hydrogen (secondary N) is 3. The van der Waals surface area contributed by atoms with Crippen LogP contribution >= 0.6 is 11.6 Å². The first-order valence-electron chi connectivity index (χ1n) is 9.55. The molecule has 5 nitrogen and oxygen atoms in total. The van der Waals surface area contributed by atoms with E-state index in [4.69, 9.17) is 11.6 Å². The number of hydrogen-bond acceptors (Lipinski definition) is 2. The zero-order valence-corrected chi connectivity index (χ0v) is 18.0.